The first-order valence-electron chi connectivity index (χ1n) is 7.06. The van der Waals surface area contributed by atoms with Crippen molar-refractivity contribution in [3.63, 3.8) is 0 Å². The van der Waals surface area contributed by atoms with Crippen LogP contribution < -0.4 is 10.3 Å². The molecule has 0 radical (unpaired) electrons. The average molecular weight is 377 g/mol. The molecule has 5 nitrogen and oxygen atoms in total. The van der Waals surface area contributed by atoms with Crippen LogP contribution in [0.15, 0.2) is 35.4 Å². The molecule has 0 aromatic heterocycles. The van der Waals surface area contributed by atoms with Gasteiger partial charge in [0.05, 0.1) is 17.4 Å². The van der Waals surface area contributed by atoms with E-state index in [0.29, 0.717) is 17.8 Å². The molecule has 0 saturated heterocycles. The number of carbonyl (C=O) groups excluding carboxylic acids is 2. The zero-order valence-corrected chi connectivity index (χ0v) is 14.9. The Balaban J connectivity index is 2.40. The summed E-state index contributed by atoms with van der Waals surface area (Å²) in [6.07, 6.45) is 0.497. The molecule has 23 heavy (non-hydrogen) atoms. The third-order valence-corrected chi connectivity index (χ3v) is 4.18. The monoisotopic (exact) mass is 375 g/mol. The van der Waals surface area contributed by atoms with E-state index in [4.69, 9.17) is 34.8 Å². The normalized spacial score (nSPS) is 19.5. The number of hydrazone groups is 1. The average Bonchev–Trinajstić information content (AvgIpc) is 2.81. The molecule has 0 aliphatic carbocycles. The molecule has 2 atom stereocenters. The van der Waals surface area contributed by atoms with Gasteiger partial charge in [-0.05, 0) is 18.6 Å². The van der Waals surface area contributed by atoms with E-state index in [1.165, 1.54) is 11.9 Å². The van der Waals surface area contributed by atoms with E-state index in [-0.39, 0.29) is 11.8 Å². The summed E-state index contributed by atoms with van der Waals surface area (Å²) in [4.78, 5) is 24.3. The summed E-state index contributed by atoms with van der Waals surface area (Å²) in [5, 5.41) is 8.21. The molecule has 1 heterocycles. The number of hydrogen-bond donors (Lipinski definition) is 1. The van der Waals surface area contributed by atoms with Crippen LogP contribution in [0.25, 0.3) is 0 Å². The lowest BCUT2D eigenvalue weighted by atomic mass is 9.93. The van der Waals surface area contributed by atoms with Gasteiger partial charge in [0, 0.05) is 6.92 Å². The van der Waals surface area contributed by atoms with Crippen LogP contribution in [-0.2, 0) is 9.59 Å². The van der Waals surface area contributed by atoms with Gasteiger partial charge >= 0.3 is 0 Å². The van der Waals surface area contributed by atoms with Gasteiger partial charge in [-0.25, -0.2) is 5.01 Å². The Bertz CT molecular complexity index is 629. The van der Waals surface area contributed by atoms with Crippen LogP contribution in [-0.4, -0.2) is 27.4 Å². The lowest BCUT2D eigenvalue weighted by Crippen LogP contribution is -2.53. The van der Waals surface area contributed by atoms with Gasteiger partial charge < -0.3 is 5.32 Å². The molecule has 0 fully saturated rings. The number of anilines is 1. The number of halogens is 3. The van der Waals surface area contributed by atoms with Crippen LogP contribution in [0.3, 0.4) is 0 Å². The minimum absolute atomic E-state index is 0.335. The van der Waals surface area contributed by atoms with Crippen molar-refractivity contribution in [2.75, 3.05) is 5.01 Å². The molecule has 0 bridgehead atoms. The predicted octanol–water partition coefficient (Wildman–Crippen LogP) is 3.29. The van der Waals surface area contributed by atoms with E-state index in [1.807, 2.05) is 13.0 Å². The molecule has 2 rings (SSSR count). The van der Waals surface area contributed by atoms with E-state index in [0.717, 1.165) is 0 Å². The van der Waals surface area contributed by atoms with Gasteiger partial charge in [0.15, 0.2) is 0 Å². The Labute approximate surface area is 149 Å². The highest BCUT2D eigenvalue weighted by atomic mass is 35.6. The zero-order chi connectivity index (χ0) is 17.2. The molecule has 1 aromatic carbocycles. The minimum atomic E-state index is -1.84. The first kappa shape index (κ1) is 18.0. The van der Waals surface area contributed by atoms with Gasteiger partial charge in [-0.2, -0.15) is 5.10 Å². The first-order chi connectivity index (χ1) is 10.8. The van der Waals surface area contributed by atoms with E-state index in [2.05, 4.69) is 10.4 Å². The van der Waals surface area contributed by atoms with Crippen molar-refractivity contribution in [3.8, 4) is 0 Å². The Morgan fingerprint density at radius 1 is 1.35 bits per heavy atom. The number of hydrogen-bond acceptors (Lipinski definition) is 3. The van der Waals surface area contributed by atoms with Crippen LogP contribution >= 0.6 is 34.8 Å². The fourth-order valence-corrected chi connectivity index (χ4v) is 3.01. The van der Waals surface area contributed by atoms with Gasteiger partial charge in [-0.3, -0.25) is 9.59 Å². The summed E-state index contributed by atoms with van der Waals surface area (Å²) in [7, 11) is 0. The summed E-state index contributed by atoms with van der Waals surface area (Å²) in [5.41, 5.74) is 1.18. The van der Waals surface area contributed by atoms with E-state index in [1.54, 1.807) is 24.3 Å². The number of alkyl halides is 3. The molecular formula is C15H16Cl3N3O2. The van der Waals surface area contributed by atoms with Crippen molar-refractivity contribution < 1.29 is 9.59 Å². The summed E-state index contributed by atoms with van der Waals surface area (Å²) < 4.78 is -1.84. The molecule has 0 spiro atoms. The van der Waals surface area contributed by atoms with E-state index < -0.39 is 15.8 Å². The summed E-state index contributed by atoms with van der Waals surface area (Å²) in [6, 6.07) is 7.98. The predicted molar refractivity (Wildman–Crippen MR) is 93.0 cm³/mol. The van der Waals surface area contributed by atoms with Gasteiger partial charge in [0.25, 0.3) is 5.91 Å². The SMILES string of the molecule is CCC1=NN(c2ccccc2)C(=O)[C@H]1[C@@H](NC(C)=O)C(Cl)(Cl)Cl. The quantitative estimate of drug-likeness (QED) is 0.820. The van der Waals surface area contributed by atoms with Crippen molar-refractivity contribution in [3.05, 3.63) is 30.3 Å². The second kappa shape index (κ2) is 7.07. The molecule has 0 saturated carbocycles. The Hall–Kier alpha value is -1.30. The van der Waals surface area contributed by atoms with Crippen LogP contribution in [0.2, 0.25) is 0 Å². The van der Waals surface area contributed by atoms with Crippen LogP contribution in [0.5, 0.6) is 0 Å². The number of rotatable bonds is 4. The Kier molecular flexibility index (Phi) is 5.55. The topological polar surface area (TPSA) is 61.8 Å². The number of nitrogens with one attached hydrogen (secondary N) is 1. The molecular weight excluding hydrogens is 361 g/mol. The van der Waals surface area contributed by atoms with Gasteiger partial charge in [0.2, 0.25) is 9.70 Å². The molecule has 2 amide bonds. The summed E-state index contributed by atoms with van der Waals surface area (Å²) in [5.74, 6) is -1.54. The molecule has 1 aromatic rings. The lowest BCUT2D eigenvalue weighted by molar-refractivity contribution is -0.122. The Morgan fingerprint density at radius 3 is 2.43 bits per heavy atom. The number of para-hydroxylation sites is 1. The fourth-order valence-electron chi connectivity index (χ4n) is 2.47. The largest absolute Gasteiger partial charge is 0.348 e. The molecule has 1 N–H and O–H groups in total. The van der Waals surface area contributed by atoms with Crippen molar-refractivity contribution in [1.82, 2.24) is 5.32 Å². The second-order valence-electron chi connectivity index (χ2n) is 5.13. The van der Waals surface area contributed by atoms with Crippen molar-refractivity contribution >= 4 is 58.0 Å². The van der Waals surface area contributed by atoms with Gasteiger partial charge in [-0.1, -0.05) is 59.9 Å². The summed E-state index contributed by atoms with van der Waals surface area (Å²) in [6.45, 7) is 3.16. The highest BCUT2D eigenvalue weighted by Gasteiger charge is 2.49. The highest BCUT2D eigenvalue weighted by Crippen LogP contribution is 2.38. The third-order valence-electron chi connectivity index (χ3n) is 3.47. The van der Waals surface area contributed by atoms with Crippen molar-refractivity contribution in [1.29, 1.82) is 0 Å². The number of benzene rings is 1. The maximum Gasteiger partial charge on any atom is 0.258 e. The van der Waals surface area contributed by atoms with Crippen LogP contribution in [0.4, 0.5) is 5.69 Å². The smallest absolute Gasteiger partial charge is 0.258 e. The molecule has 0 unspecified atom stereocenters. The highest BCUT2D eigenvalue weighted by molar-refractivity contribution is 6.68. The third kappa shape index (κ3) is 3.97. The van der Waals surface area contributed by atoms with Crippen molar-refractivity contribution in [2.24, 2.45) is 11.0 Å². The fraction of sp³-hybridized carbons (Fsp3) is 0.400. The van der Waals surface area contributed by atoms with Gasteiger partial charge in [-0.15, -0.1) is 0 Å². The number of nitrogens with zero attached hydrogens (tertiary/aromatic N) is 2. The lowest BCUT2D eigenvalue weighted by Gasteiger charge is -2.30. The molecule has 124 valence electrons. The zero-order valence-electron chi connectivity index (χ0n) is 12.6. The standard InChI is InChI=1S/C15H16Cl3N3O2/c1-3-11-12(13(15(16,17)18)19-9(2)22)14(23)21(20-11)10-7-5-4-6-8-10/h4-8,12-13H,3H2,1-2H3,(H,19,22)/t12-,13-/m1/s1. The Morgan fingerprint density at radius 2 is 1.96 bits per heavy atom. The van der Waals surface area contributed by atoms with Crippen molar-refractivity contribution in [2.45, 2.75) is 30.1 Å². The molecule has 8 heteroatoms. The maximum atomic E-state index is 12.8. The minimum Gasteiger partial charge on any atom is -0.348 e. The molecule has 1 aliphatic rings. The van der Waals surface area contributed by atoms with E-state index in [9.17, 15) is 9.59 Å². The van der Waals surface area contributed by atoms with Gasteiger partial charge in [0.1, 0.15) is 5.92 Å². The van der Waals surface area contributed by atoms with Crippen LogP contribution in [0.1, 0.15) is 20.3 Å². The summed E-state index contributed by atoms with van der Waals surface area (Å²) >= 11 is 18.0. The first-order valence-corrected chi connectivity index (χ1v) is 8.19. The maximum absolute atomic E-state index is 12.8. The molecule has 1 aliphatic heterocycles. The van der Waals surface area contributed by atoms with Crippen LogP contribution in [0, 0.1) is 5.92 Å². The van der Waals surface area contributed by atoms with E-state index >= 15 is 0 Å². The number of amides is 2. The second-order valence-corrected chi connectivity index (χ2v) is 7.50. The number of carbonyl (C=O) groups is 2.